The van der Waals surface area contributed by atoms with E-state index in [2.05, 4.69) is 25.9 Å². The van der Waals surface area contributed by atoms with Gasteiger partial charge in [0.2, 0.25) is 21.8 Å². The fourth-order valence-corrected chi connectivity index (χ4v) is 6.96. The van der Waals surface area contributed by atoms with Crippen LogP contribution in [0.5, 0.6) is 5.75 Å². The minimum atomic E-state index is -4.43. The van der Waals surface area contributed by atoms with Crippen LogP contribution in [0.4, 0.5) is 5.69 Å². The maximum absolute atomic E-state index is 14.4. The minimum absolute atomic E-state index is 0.0368. The number of aliphatic imine (C=N–C) groups is 1. The number of nitrogens with one attached hydrogen (secondary N) is 3. The Labute approximate surface area is 308 Å². The number of rotatable bonds is 17. The molecule has 0 bridgehead atoms. The standard InChI is InChI=1S/C37H44N8O7S/c1-24(2)33(44-34(47)26-9-5-4-6-10-26)35(48)42-22-32(46)43-31(12-8-20-41-37(38)39)36(49)45(28-15-18-30-27(21-28)11-7-19-40-30)53(50,51)23-25-13-16-29(52-3)17-14-25/h4-7,9-11,13-19,21,24,31,33H,8,12,20,22-23H2,1-3H3,(H,42,48)(H,43,46)(H,44,47)(H4,38,39,41)/t31-,33-/m0/s1. The van der Waals surface area contributed by atoms with Crippen LogP contribution in [-0.4, -0.2) is 75.3 Å². The number of ether oxygens (including phenoxy) is 1. The summed E-state index contributed by atoms with van der Waals surface area (Å²) >= 11 is 0. The summed E-state index contributed by atoms with van der Waals surface area (Å²) in [6.07, 6.45) is 1.73. The van der Waals surface area contributed by atoms with Crippen LogP contribution in [0.2, 0.25) is 0 Å². The Morgan fingerprint density at radius 1 is 0.925 bits per heavy atom. The second-order valence-electron chi connectivity index (χ2n) is 12.4. The third-order valence-corrected chi connectivity index (χ3v) is 9.73. The highest BCUT2D eigenvalue weighted by Gasteiger charge is 2.35. The molecule has 16 heteroatoms. The quantitative estimate of drug-likeness (QED) is 0.0602. The third-order valence-electron chi connectivity index (χ3n) is 8.08. The Kier molecular flexibility index (Phi) is 13.8. The Bertz CT molecular complexity index is 2040. The first-order valence-corrected chi connectivity index (χ1v) is 18.4. The molecule has 1 aromatic heterocycles. The van der Waals surface area contributed by atoms with Crippen LogP contribution in [-0.2, 0) is 30.2 Å². The number of benzene rings is 3. The molecule has 4 amide bonds. The number of carbonyl (C=O) groups is 4. The number of methoxy groups -OCH3 is 1. The maximum atomic E-state index is 14.4. The monoisotopic (exact) mass is 744 g/mol. The van der Waals surface area contributed by atoms with Crippen molar-refractivity contribution in [1.29, 1.82) is 0 Å². The highest BCUT2D eigenvalue weighted by atomic mass is 32.2. The zero-order valence-corrected chi connectivity index (χ0v) is 30.5. The molecule has 4 aromatic rings. The van der Waals surface area contributed by atoms with Gasteiger partial charge in [-0.05, 0) is 72.9 Å². The molecule has 0 aliphatic rings. The van der Waals surface area contributed by atoms with Crippen LogP contribution < -0.4 is 36.5 Å². The van der Waals surface area contributed by atoms with Gasteiger partial charge in [-0.25, -0.2) is 12.7 Å². The van der Waals surface area contributed by atoms with E-state index in [9.17, 15) is 27.6 Å². The first-order valence-electron chi connectivity index (χ1n) is 16.8. The summed E-state index contributed by atoms with van der Waals surface area (Å²) in [5, 5.41) is 8.39. The second-order valence-corrected chi connectivity index (χ2v) is 14.3. The Hall–Kier alpha value is -6.03. The molecule has 2 atom stereocenters. The zero-order chi connectivity index (χ0) is 38.5. The highest BCUT2D eigenvalue weighted by Crippen LogP contribution is 2.27. The molecular formula is C37H44N8O7S. The predicted octanol–water partition coefficient (Wildman–Crippen LogP) is 2.22. The molecular weight excluding hydrogens is 701 g/mol. The van der Waals surface area contributed by atoms with Gasteiger partial charge in [0.05, 0.1) is 30.6 Å². The van der Waals surface area contributed by atoms with Gasteiger partial charge >= 0.3 is 0 Å². The molecule has 0 aliphatic heterocycles. The van der Waals surface area contributed by atoms with Gasteiger partial charge in [0.25, 0.3) is 11.8 Å². The lowest BCUT2D eigenvalue weighted by Crippen LogP contribution is -2.54. The lowest BCUT2D eigenvalue weighted by molar-refractivity contribution is -0.129. The van der Waals surface area contributed by atoms with Crippen LogP contribution in [0.25, 0.3) is 10.9 Å². The molecule has 0 radical (unpaired) electrons. The topological polar surface area (TPSA) is 228 Å². The lowest BCUT2D eigenvalue weighted by atomic mass is 10.0. The fourth-order valence-electron chi connectivity index (χ4n) is 5.39. The van der Waals surface area contributed by atoms with E-state index >= 15 is 0 Å². The van der Waals surface area contributed by atoms with Crippen LogP contribution >= 0.6 is 0 Å². The maximum Gasteiger partial charge on any atom is 0.263 e. The number of sulfonamides is 1. The van der Waals surface area contributed by atoms with Gasteiger partial charge in [0.1, 0.15) is 17.8 Å². The number of aromatic nitrogens is 1. The summed E-state index contributed by atoms with van der Waals surface area (Å²) in [7, 11) is -2.94. The number of guanidine groups is 1. The molecule has 280 valence electrons. The predicted molar refractivity (Wildman–Crippen MR) is 202 cm³/mol. The van der Waals surface area contributed by atoms with Gasteiger partial charge in [0.15, 0.2) is 5.96 Å². The molecule has 4 rings (SSSR count). The van der Waals surface area contributed by atoms with E-state index < -0.39 is 58.0 Å². The highest BCUT2D eigenvalue weighted by molar-refractivity contribution is 7.92. The van der Waals surface area contributed by atoms with Crippen molar-refractivity contribution in [2.24, 2.45) is 22.4 Å². The molecule has 0 fully saturated rings. The summed E-state index contributed by atoms with van der Waals surface area (Å²) in [6, 6.07) is 20.4. The molecule has 0 spiro atoms. The van der Waals surface area contributed by atoms with Crippen molar-refractivity contribution in [2.45, 2.75) is 44.5 Å². The van der Waals surface area contributed by atoms with E-state index in [0.29, 0.717) is 32.1 Å². The largest absolute Gasteiger partial charge is 0.497 e. The van der Waals surface area contributed by atoms with Gasteiger partial charge in [-0.15, -0.1) is 0 Å². The van der Waals surface area contributed by atoms with Gasteiger partial charge in [-0.3, -0.25) is 29.2 Å². The summed E-state index contributed by atoms with van der Waals surface area (Å²) in [6.45, 7) is 3.01. The number of carbonyl (C=O) groups excluding carboxylic acids is 4. The minimum Gasteiger partial charge on any atom is -0.497 e. The zero-order valence-electron chi connectivity index (χ0n) is 29.7. The number of hydrogen-bond donors (Lipinski definition) is 5. The second kappa shape index (κ2) is 18.5. The molecule has 15 nitrogen and oxygen atoms in total. The van der Waals surface area contributed by atoms with Gasteiger partial charge in [0, 0.05) is 23.7 Å². The Balaban J connectivity index is 1.60. The van der Waals surface area contributed by atoms with Crippen molar-refractivity contribution in [1.82, 2.24) is 20.9 Å². The number of hydrogen-bond acceptors (Lipinski definition) is 9. The van der Waals surface area contributed by atoms with E-state index in [4.69, 9.17) is 16.2 Å². The average Bonchev–Trinajstić information content (AvgIpc) is 3.14. The van der Waals surface area contributed by atoms with Crippen LogP contribution in [0, 0.1) is 5.92 Å². The average molecular weight is 745 g/mol. The molecule has 0 unspecified atom stereocenters. The first-order chi connectivity index (χ1) is 25.3. The SMILES string of the molecule is COc1ccc(CS(=O)(=O)N(C(=O)[C@H](CCCN=C(N)N)NC(=O)CNC(=O)[C@@H](NC(=O)c2ccccc2)C(C)C)c2ccc3ncccc3c2)cc1. The Morgan fingerprint density at radius 3 is 2.30 bits per heavy atom. The van der Waals surface area contributed by atoms with Gasteiger partial charge in [-0.1, -0.05) is 50.2 Å². The van der Waals surface area contributed by atoms with Crippen LogP contribution in [0.15, 0.2) is 96.1 Å². The van der Waals surface area contributed by atoms with E-state index in [1.54, 1.807) is 92.8 Å². The number of nitrogens with zero attached hydrogens (tertiary/aromatic N) is 3. The number of nitrogens with two attached hydrogens (primary N) is 2. The molecule has 0 saturated carbocycles. The van der Waals surface area contributed by atoms with Crippen molar-refractivity contribution >= 4 is 56.2 Å². The van der Waals surface area contributed by atoms with Crippen molar-refractivity contribution in [3.05, 3.63) is 102 Å². The van der Waals surface area contributed by atoms with Crippen molar-refractivity contribution in [3.63, 3.8) is 0 Å². The number of anilines is 1. The molecule has 7 N–H and O–H groups in total. The smallest absolute Gasteiger partial charge is 0.263 e. The van der Waals surface area contributed by atoms with Gasteiger partial charge < -0.3 is 32.2 Å². The summed E-state index contributed by atoms with van der Waals surface area (Å²) < 4.78 is 34.2. The summed E-state index contributed by atoms with van der Waals surface area (Å²) in [4.78, 5) is 62.0. The van der Waals surface area contributed by atoms with Crippen LogP contribution in [0.1, 0.15) is 42.6 Å². The van der Waals surface area contributed by atoms with Crippen LogP contribution in [0.3, 0.4) is 0 Å². The summed E-state index contributed by atoms with van der Waals surface area (Å²) in [5.74, 6) is -3.34. The van der Waals surface area contributed by atoms with E-state index in [1.807, 2.05) is 0 Å². The lowest BCUT2D eigenvalue weighted by Gasteiger charge is -2.28. The molecule has 53 heavy (non-hydrogen) atoms. The van der Waals surface area contributed by atoms with Crippen molar-refractivity contribution < 1.29 is 32.3 Å². The first kappa shape index (κ1) is 39.8. The van der Waals surface area contributed by atoms with Crippen molar-refractivity contribution in [3.8, 4) is 5.75 Å². The molecule has 0 aliphatic carbocycles. The molecule has 1 heterocycles. The fraction of sp³-hybridized carbons (Fsp3) is 0.297. The van der Waals surface area contributed by atoms with E-state index in [1.165, 1.54) is 19.2 Å². The Morgan fingerprint density at radius 2 is 1.64 bits per heavy atom. The van der Waals surface area contributed by atoms with E-state index in [-0.39, 0.29) is 37.0 Å². The number of fused-ring (bicyclic) bond motifs is 1. The third kappa shape index (κ3) is 11.2. The van der Waals surface area contributed by atoms with Crippen molar-refractivity contribution in [2.75, 3.05) is 24.5 Å². The number of amides is 4. The number of pyridine rings is 1. The summed E-state index contributed by atoms with van der Waals surface area (Å²) in [5.41, 5.74) is 12.3. The van der Waals surface area contributed by atoms with Gasteiger partial charge in [-0.2, -0.15) is 0 Å². The van der Waals surface area contributed by atoms with E-state index in [0.717, 1.165) is 0 Å². The molecule has 0 saturated heterocycles. The normalized spacial score (nSPS) is 12.3. The molecule has 3 aromatic carbocycles.